The third-order valence-electron chi connectivity index (χ3n) is 4.99. The van der Waals surface area contributed by atoms with Gasteiger partial charge in [0.1, 0.15) is 15.9 Å². The summed E-state index contributed by atoms with van der Waals surface area (Å²) in [5.41, 5.74) is 3.34. The first-order chi connectivity index (χ1) is 14.5. The molecule has 8 nitrogen and oxygen atoms in total. The lowest BCUT2D eigenvalue weighted by atomic mass is 10.0. The summed E-state index contributed by atoms with van der Waals surface area (Å²) in [7, 11) is 6.32. The van der Waals surface area contributed by atoms with Gasteiger partial charge in [-0.2, -0.15) is 0 Å². The zero-order valence-corrected chi connectivity index (χ0v) is 18.2. The normalized spacial score (nSPS) is 15.4. The molecule has 2 N–H and O–H groups in total. The van der Waals surface area contributed by atoms with Gasteiger partial charge in [0.15, 0.2) is 11.5 Å². The molecule has 0 radical (unpaired) electrons. The van der Waals surface area contributed by atoms with E-state index in [-0.39, 0.29) is 5.91 Å². The molecule has 1 unspecified atom stereocenters. The number of carbonyl (C=O) groups is 1. The minimum atomic E-state index is -0.519. The number of pyridine rings is 1. The van der Waals surface area contributed by atoms with Crippen molar-refractivity contribution >= 4 is 33.1 Å². The number of rotatable bonds is 6. The zero-order valence-electron chi connectivity index (χ0n) is 17.4. The highest BCUT2D eigenvalue weighted by Crippen LogP contribution is 2.46. The first kappa shape index (κ1) is 20.2. The number of benzene rings is 1. The van der Waals surface area contributed by atoms with Crippen LogP contribution in [0.15, 0.2) is 18.2 Å². The number of nitrogens with one attached hydrogen (secondary N) is 2. The van der Waals surface area contributed by atoms with Gasteiger partial charge in [0.05, 0.1) is 33.6 Å². The second-order valence-electron chi connectivity index (χ2n) is 6.82. The molecule has 30 heavy (non-hydrogen) atoms. The lowest BCUT2D eigenvalue weighted by Gasteiger charge is -2.28. The molecule has 2 aromatic heterocycles. The van der Waals surface area contributed by atoms with Gasteiger partial charge in [0, 0.05) is 23.8 Å². The van der Waals surface area contributed by atoms with Crippen molar-refractivity contribution in [3.05, 3.63) is 39.9 Å². The van der Waals surface area contributed by atoms with E-state index in [1.54, 1.807) is 34.5 Å². The van der Waals surface area contributed by atoms with Gasteiger partial charge < -0.3 is 29.6 Å². The van der Waals surface area contributed by atoms with Gasteiger partial charge in [-0.15, -0.1) is 11.3 Å². The Bertz CT molecular complexity index is 1130. The van der Waals surface area contributed by atoms with Crippen LogP contribution in [0, 0.1) is 6.92 Å². The van der Waals surface area contributed by atoms with Crippen LogP contribution in [0.5, 0.6) is 17.2 Å². The minimum Gasteiger partial charge on any atom is -0.493 e. The quantitative estimate of drug-likeness (QED) is 0.618. The zero-order chi connectivity index (χ0) is 21.4. The van der Waals surface area contributed by atoms with Crippen molar-refractivity contribution in [3.8, 4) is 17.2 Å². The summed E-state index contributed by atoms with van der Waals surface area (Å²) in [4.78, 5) is 19.0. The molecule has 1 aliphatic heterocycles. The van der Waals surface area contributed by atoms with E-state index in [0.29, 0.717) is 28.7 Å². The van der Waals surface area contributed by atoms with Crippen LogP contribution in [-0.2, 0) is 11.3 Å². The molecule has 158 valence electrons. The summed E-state index contributed by atoms with van der Waals surface area (Å²) >= 11 is 1.37. The summed E-state index contributed by atoms with van der Waals surface area (Å²) in [6.45, 7) is 2.36. The second kappa shape index (κ2) is 8.00. The predicted molar refractivity (Wildman–Crippen MR) is 115 cm³/mol. The SMILES string of the molecule is COCc1cc(C)nc2sc3c(c12)NC(c1ccc(OC)c(OC)c1OC)NC3=O. The van der Waals surface area contributed by atoms with Crippen molar-refractivity contribution in [1.82, 2.24) is 10.3 Å². The molecule has 0 saturated carbocycles. The molecule has 1 aliphatic rings. The maximum Gasteiger partial charge on any atom is 0.265 e. The van der Waals surface area contributed by atoms with E-state index in [1.165, 1.54) is 11.3 Å². The van der Waals surface area contributed by atoms with Crippen LogP contribution >= 0.6 is 11.3 Å². The molecular weight excluding hydrogens is 406 g/mol. The van der Waals surface area contributed by atoms with Crippen molar-refractivity contribution < 1.29 is 23.7 Å². The fourth-order valence-corrected chi connectivity index (χ4v) is 4.90. The number of anilines is 1. The molecule has 3 heterocycles. The number of aromatic nitrogens is 1. The Morgan fingerprint density at radius 2 is 1.83 bits per heavy atom. The van der Waals surface area contributed by atoms with Gasteiger partial charge >= 0.3 is 0 Å². The molecule has 0 fully saturated rings. The van der Waals surface area contributed by atoms with E-state index in [1.807, 2.05) is 19.1 Å². The van der Waals surface area contributed by atoms with E-state index in [0.717, 1.165) is 32.7 Å². The summed E-state index contributed by atoms with van der Waals surface area (Å²) in [5.74, 6) is 1.33. The van der Waals surface area contributed by atoms with Gasteiger partial charge in [-0.25, -0.2) is 4.98 Å². The summed E-state index contributed by atoms with van der Waals surface area (Å²) < 4.78 is 21.8. The number of hydrogen-bond acceptors (Lipinski definition) is 8. The minimum absolute atomic E-state index is 0.172. The highest BCUT2D eigenvalue weighted by atomic mass is 32.1. The van der Waals surface area contributed by atoms with Crippen molar-refractivity contribution in [2.75, 3.05) is 33.8 Å². The Labute approximate surface area is 178 Å². The predicted octanol–water partition coefficient (Wildman–Crippen LogP) is 3.63. The van der Waals surface area contributed by atoms with E-state index in [2.05, 4.69) is 15.6 Å². The van der Waals surface area contributed by atoms with Crippen LogP contribution in [0.4, 0.5) is 5.69 Å². The van der Waals surface area contributed by atoms with E-state index < -0.39 is 6.17 Å². The number of hydrogen-bond donors (Lipinski definition) is 2. The van der Waals surface area contributed by atoms with Gasteiger partial charge in [0.2, 0.25) is 5.75 Å². The molecule has 0 spiro atoms. The largest absolute Gasteiger partial charge is 0.493 e. The highest BCUT2D eigenvalue weighted by molar-refractivity contribution is 7.21. The molecule has 0 bridgehead atoms. The lowest BCUT2D eigenvalue weighted by molar-refractivity contribution is 0.0939. The average Bonchev–Trinajstić information content (AvgIpc) is 3.11. The number of nitrogens with zero attached hydrogens (tertiary/aromatic N) is 1. The van der Waals surface area contributed by atoms with Gasteiger partial charge in [-0.05, 0) is 30.7 Å². The number of methoxy groups -OCH3 is 4. The number of ether oxygens (including phenoxy) is 4. The van der Waals surface area contributed by atoms with E-state index >= 15 is 0 Å². The standard InChI is InChI=1S/C21H23N3O5S/c1-10-8-11(9-26-2)14-15-18(30-21(14)22-10)20(25)24-19(23-15)12-6-7-13(27-3)17(29-5)16(12)28-4/h6-8,19,23H,9H2,1-5H3,(H,24,25). The second-order valence-corrected chi connectivity index (χ2v) is 7.82. The Balaban J connectivity index is 1.85. The Morgan fingerprint density at radius 1 is 1.07 bits per heavy atom. The van der Waals surface area contributed by atoms with Crippen LogP contribution in [0.25, 0.3) is 10.2 Å². The molecular formula is C21H23N3O5S. The number of aryl methyl sites for hydroxylation is 1. The molecule has 1 aromatic carbocycles. The van der Waals surface area contributed by atoms with E-state index in [9.17, 15) is 4.79 Å². The highest BCUT2D eigenvalue weighted by Gasteiger charge is 2.33. The maximum atomic E-state index is 13.0. The van der Waals surface area contributed by atoms with Crippen molar-refractivity contribution in [3.63, 3.8) is 0 Å². The smallest absolute Gasteiger partial charge is 0.265 e. The third-order valence-corrected chi connectivity index (χ3v) is 6.07. The van der Waals surface area contributed by atoms with E-state index in [4.69, 9.17) is 18.9 Å². The molecule has 0 saturated heterocycles. The Morgan fingerprint density at radius 3 is 2.50 bits per heavy atom. The lowest BCUT2D eigenvalue weighted by Crippen LogP contribution is -2.37. The fraction of sp³-hybridized carbons (Fsp3) is 0.333. The van der Waals surface area contributed by atoms with Crippen LogP contribution in [-0.4, -0.2) is 39.3 Å². The molecule has 1 amide bonds. The van der Waals surface area contributed by atoms with Gasteiger partial charge in [-0.1, -0.05) is 0 Å². The maximum absolute atomic E-state index is 13.0. The monoisotopic (exact) mass is 429 g/mol. The molecule has 1 atom stereocenters. The number of amides is 1. The van der Waals surface area contributed by atoms with Crippen molar-refractivity contribution in [2.45, 2.75) is 19.7 Å². The fourth-order valence-electron chi connectivity index (χ4n) is 3.76. The summed E-state index contributed by atoms with van der Waals surface area (Å²) in [6.07, 6.45) is -0.519. The van der Waals surface area contributed by atoms with Gasteiger partial charge in [0.25, 0.3) is 5.91 Å². The van der Waals surface area contributed by atoms with Gasteiger partial charge in [-0.3, -0.25) is 4.79 Å². The summed E-state index contributed by atoms with van der Waals surface area (Å²) in [6, 6.07) is 5.61. The molecule has 9 heteroatoms. The first-order valence-electron chi connectivity index (χ1n) is 9.30. The molecule has 4 rings (SSSR count). The van der Waals surface area contributed by atoms with Crippen LogP contribution in [0.3, 0.4) is 0 Å². The van der Waals surface area contributed by atoms with Crippen LogP contribution < -0.4 is 24.8 Å². The molecule has 3 aromatic rings. The Kier molecular flexibility index (Phi) is 5.40. The van der Waals surface area contributed by atoms with Crippen LogP contribution in [0.1, 0.15) is 32.7 Å². The van der Waals surface area contributed by atoms with Crippen molar-refractivity contribution in [2.24, 2.45) is 0 Å². The number of thiophene rings is 1. The topological polar surface area (TPSA) is 90.9 Å². The molecule has 0 aliphatic carbocycles. The summed E-state index contributed by atoms with van der Waals surface area (Å²) in [5, 5.41) is 7.36. The van der Waals surface area contributed by atoms with Crippen LogP contribution in [0.2, 0.25) is 0 Å². The Hall–Kier alpha value is -3.04. The third kappa shape index (κ3) is 3.20. The average molecular weight is 429 g/mol. The van der Waals surface area contributed by atoms with Crippen molar-refractivity contribution in [1.29, 1.82) is 0 Å². The first-order valence-corrected chi connectivity index (χ1v) is 10.1. The number of fused-ring (bicyclic) bond motifs is 3. The number of carbonyl (C=O) groups excluding carboxylic acids is 1.